The SMILES string of the molecule is CC(N)C1CCN(Cc2cccc(F)c2Br)C1. The number of nitrogens with two attached hydrogens (primary N) is 1. The van der Waals surface area contributed by atoms with Gasteiger partial charge in [0.25, 0.3) is 0 Å². The van der Waals surface area contributed by atoms with E-state index < -0.39 is 0 Å². The first kappa shape index (κ1) is 13.0. The molecular weight excluding hydrogens is 283 g/mol. The van der Waals surface area contributed by atoms with Crippen molar-refractivity contribution in [3.05, 3.63) is 34.1 Å². The molecule has 0 radical (unpaired) electrons. The Kier molecular flexibility index (Phi) is 4.17. The quantitative estimate of drug-likeness (QED) is 0.930. The van der Waals surface area contributed by atoms with Crippen molar-refractivity contribution in [3.63, 3.8) is 0 Å². The normalized spacial score (nSPS) is 22.9. The van der Waals surface area contributed by atoms with Crippen molar-refractivity contribution in [1.82, 2.24) is 4.90 Å². The summed E-state index contributed by atoms with van der Waals surface area (Å²) in [6.07, 6.45) is 1.14. The second-order valence-corrected chi connectivity index (χ2v) is 5.65. The highest BCUT2D eigenvalue weighted by molar-refractivity contribution is 9.10. The molecule has 1 fully saturated rings. The van der Waals surface area contributed by atoms with Gasteiger partial charge in [-0.3, -0.25) is 4.90 Å². The van der Waals surface area contributed by atoms with Gasteiger partial charge in [-0.1, -0.05) is 12.1 Å². The molecule has 0 bridgehead atoms. The fraction of sp³-hybridized carbons (Fsp3) is 0.538. The fourth-order valence-electron chi connectivity index (χ4n) is 2.35. The van der Waals surface area contributed by atoms with Crippen molar-refractivity contribution < 1.29 is 4.39 Å². The zero-order valence-corrected chi connectivity index (χ0v) is 11.6. The lowest BCUT2D eigenvalue weighted by atomic mass is 10.0. The highest BCUT2D eigenvalue weighted by Gasteiger charge is 2.25. The number of halogens is 2. The van der Waals surface area contributed by atoms with Gasteiger partial charge in [0.15, 0.2) is 0 Å². The van der Waals surface area contributed by atoms with Crippen LogP contribution in [-0.4, -0.2) is 24.0 Å². The average Bonchev–Trinajstić information content (AvgIpc) is 2.73. The Hall–Kier alpha value is -0.450. The van der Waals surface area contributed by atoms with E-state index in [4.69, 9.17) is 5.73 Å². The van der Waals surface area contributed by atoms with Crippen LogP contribution in [0, 0.1) is 11.7 Å². The first-order valence-corrected chi connectivity index (χ1v) is 6.78. The molecular formula is C13H18BrFN2. The third-order valence-corrected chi connectivity index (χ3v) is 4.37. The van der Waals surface area contributed by atoms with E-state index in [1.54, 1.807) is 6.07 Å². The Balaban J connectivity index is 2.00. The monoisotopic (exact) mass is 300 g/mol. The Morgan fingerprint density at radius 2 is 2.35 bits per heavy atom. The summed E-state index contributed by atoms with van der Waals surface area (Å²) in [4.78, 5) is 2.34. The van der Waals surface area contributed by atoms with E-state index in [0.29, 0.717) is 10.4 Å². The molecule has 0 aliphatic carbocycles. The summed E-state index contributed by atoms with van der Waals surface area (Å²) in [5.41, 5.74) is 6.92. The van der Waals surface area contributed by atoms with Crippen molar-refractivity contribution in [3.8, 4) is 0 Å². The molecule has 2 unspecified atom stereocenters. The second kappa shape index (κ2) is 5.46. The summed E-state index contributed by atoms with van der Waals surface area (Å²) >= 11 is 3.31. The van der Waals surface area contributed by atoms with Crippen LogP contribution in [0.3, 0.4) is 0 Å². The summed E-state index contributed by atoms with van der Waals surface area (Å²) in [6, 6.07) is 5.44. The maximum Gasteiger partial charge on any atom is 0.137 e. The molecule has 1 heterocycles. The van der Waals surface area contributed by atoms with Gasteiger partial charge >= 0.3 is 0 Å². The predicted molar refractivity (Wildman–Crippen MR) is 71.1 cm³/mol. The van der Waals surface area contributed by atoms with E-state index in [9.17, 15) is 4.39 Å². The number of likely N-dealkylation sites (tertiary alicyclic amines) is 1. The molecule has 1 aliphatic heterocycles. The molecule has 2 nitrogen and oxygen atoms in total. The molecule has 2 rings (SSSR count). The van der Waals surface area contributed by atoms with Crippen molar-refractivity contribution in [2.45, 2.75) is 25.9 Å². The zero-order chi connectivity index (χ0) is 12.4. The Bertz CT molecular complexity index is 395. The molecule has 1 aliphatic rings. The van der Waals surface area contributed by atoms with Crippen LogP contribution in [0.15, 0.2) is 22.7 Å². The van der Waals surface area contributed by atoms with Crippen LogP contribution in [0.25, 0.3) is 0 Å². The number of nitrogens with zero attached hydrogens (tertiary/aromatic N) is 1. The van der Waals surface area contributed by atoms with Gasteiger partial charge in [-0.25, -0.2) is 4.39 Å². The first-order valence-electron chi connectivity index (χ1n) is 5.98. The molecule has 4 heteroatoms. The molecule has 2 atom stereocenters. The highest BCUT2D eigenvalue weighted by atomic mass is 79.9. The van der Waals surface area contributed by atoms with E-state index in [1.807, 2.05) is 6.07 Å². The van der Waals surface area contributed by atoms with E-state index in [-0.39, 0.29) is 11.9 Å². The molecule has 0 spiro atoms. The van der Waals surface area contributed by atoms with Gasteiger partial charge in [0.05, 0.1) is 4.47 Å². The molecule has 0 amide bonds. The lowest BCUT2D eigenvalue weighted by molar-refractivity contribution is 0.307. The van der Waals surface area contributed by atoms with Crippen LogP contribution < -0.4 is 5.73 Å². The third kappa shape index (κ3) is 3.06. The Morgan fingerprint density at radius 1 is 1.59 bits per heavy atom. The largest absolute Gasteiger partial charge is 0.328 e. The lowest BCUT2D eigenvalue weighted by Gasteiger charge is -2.18. The summed E-state index contributed by atoms with van der Waals surface area (Å²) in [5, 5.41) is 0. The third-order valence-electron chi connectivity index (χ3n) is 3.48. The number of rotatable bonds is 3. The van der Waals surface area contributed by atoms with Gasteiger partial charge in [0.2, 0.25) is 0 Å². The maximum atomic E-state index is 13.4. The van der Waals surface area contributed by atoms with E-state index in [0.717, 1.165) is 31.6 Å². The van der Waals surface area contributed by atoms with E-state index in [2.05, 4.69) is 27.8 Å². The van der Waals surface area contributed by atoms with Crippen LogP contribution in [0.1, 0.15) is 18.9 Å². The van der Waals surface area contributed by atoms with Crippen molar-refractivity contribution in [2.75, 3.05) is 13.1 Å². The van der Waals surface area contributed by atoms with Crippen LogP contribution in [0.2, 0.25) is 0 Å². The Labute approximate surface area is 110 Å². The molecule has 1 aromatic rings. The standard InChI is InChI=1S/C13H18BrFN2/c1-9(16)10-5-6-17(7-10)8-11-3-2-4-12(15)13(11)14/h2-4,9-10H,5-8,16H2,1H3. The van der Waals surface area contributed by atoms with E-state index in [1.165, 1.54) is 6.07 Å². The first-order chi connectivity index (χ1) is 8.08. The molecule has 1 aromatic carbocycles. The summed E-state index contributed by atoms with van der Waals surface area (Å²) in [6.45, 7) is 4.92. The van der Waals surface area contributed by atoms with Gasteiger partial charge in [0.1, 0.15) is 5.82 Å². The minimum Gasteiger partial charge on any atom is -0.328 e. The summed E-state index contributed by atoms with van der Waals surface area (Å²) < 4.78 is 14.0. The average molecular weight is 301 g/mol. The van der Waals surface area contributed by atoms with Crippen LogP contribution in [-0.2, 0) is 6.54 Å². The molecule has 0 saturated carbocycles. The molecule has 17 heavy (non-hydrogen) atoms. The zero-order valence-electron chi connectivity index (χ0n) is 10.00. The molecule has 1 saturated heterocycles. The number of hydrogen-bond donors (Lipinski definition) is 1. The molecule has 94 valence electrons. The second-order valence-electron chi connectivity index (χ2n) is 4.86. The predicted octanol–water partition coefficient (Wildman–Crippen LogP) is 2.76. The van der Waals surface area contributed by atoms with Crippen LogP contribution in [0.5, 0.6) is 0 Å². The van der Waals surface area contributed by atoms with Crippen LogP contribution >= 0.6 is 15.9 Å². The van der Waals surface area contributed by atoms with Gasteiger partial charge < -0.3 is 5.73 Å². The summed E-state index contributed by atoms with van der Waals surface area (Å²) in [5.74, 6) is 0.382. The van der Waals surface area contributed by atoms with Gasteiger partial charge in [-0.2, -0.15) is 0 Å². The van der Waals surface area contributed by atoms with Gasteiger partial charge in [0, 0.05) is 19.1 Å². The minimum atomic E-state index is -0.189. The van der Waals surface area contributed by atoms with Gasteiger partial charge in [-0.05, 0) is 53.4 Å². The minimum absolute atomic E-state index is 0.189. The highest BCUT2D eigenvalue weighted by Crippen LogP contribution is 2.25. The Morgan fingerprint density at radius 3 is 3.00 bits per heavy atom. The lowest BCUT2D eigenvalue weighted by Crippen LogP contribution is -2.29. The fourth-order valence-corrected chi connectivity index (χ4v) is 2.74. The smallest absolute Gasteiger partial charge is 0.137 e. The van der Waals surface area contributed by atoms with Crippen molar-refractivity contribution in [1.29, 1.82) is 0 Å². The summed E-state index contributed by atoms with van der Waals surface area (Å²) in [7, 11) is 0. The number of benzene rings is 1. The van der Waals surface area contributed by atoms with Crippen molar-refractivity contribution >= 4 is 15.9 Å². The van der Waals surface area contributed by atoms with Crippen LogP contribution in [0.4, 0.5) is 4.39 Å². The van der Waals surface area contributed by atoms with Crippen molar-refractivity contribution in [2.24, 2.45) is 11.7 Å². The topological polar surface area (TPSA) is 29.3 Å². The van der Waals surface area contributed by atoms with E-state index >= 15 is 0 Å². The molecule has 2 N–H and O–H groups in total. The molecule has 0 aromatic heterocycles. The van der Waals surface area contributed by atoms with Gasteiger partial charge in [-0.15, -0.1) is 0 Å². The maximum absolute atomic E-state index is 13.4. The number of hydrogen-bond acceptors (Lipinski definition) is 2.